The molecule has 1 amide bonds. The molecule has 0 bridgehead atoms. The number of hydrogen-bond acceptors (Lipinski definition) is 3. The third-order valence-electron chi connectivity index (χ3n) is 5.45. The Balaban J connectivity index is 1.73. The Labute approximate surface area is 172 Å². The maximum absolute atomic E-state index is 13.5. The molecule has 1 saturated carbocycles. The van der Waals surface area contributed by atoms with Crippen molar-refractivity contribution in [1.29, 1.82) is 0 Å². The highest BCUT2D eigenvalue weighted by Crippen LogP contribution is 2.44. The summed E-state index contributed by atoms with van der Waals surface area (Å²) in [6.07, 6.45) is 4.49. The molecule has 1 aliphatic heterocycles. The first-order chi connectivity index (χ1) is 14.6. The van der Waals surface area contributed by atoms with Gasteiger partial charge in [0.1, 0.15) is 18.2 Å². The normalized spacial score (nSPS) is 21.7. The van der Waals surface area contributed by atoms with Crippen LogP contribution in [0.1, 0.15) is 36.4 Å². The zero-order chi connectivity index (χ0) is 21.1. The number of allylic oxidation sites excluding steroid dienone is 1. The lowest BCUT2D eigenvalue weighted by Crippen LogP contribution is -2.33. The second-order valence-corrected chi connectivity index (χ2v) is 7.33. The van der Waals surface area contributed by atoms with E-state index in [4.69, 9.17) is 5.53 Å². The summed E-state index contributed by atoms with van der Waals surface area (Å²) in [5.41, 5.74) is 12.0. The van der Waals surface area contributed by atoms with Crippen LogP contribution in [-0.4, -0.2) is 23.2 Å². The fourth-order valence-electron chi connectivity index (χ4n) is 4.13. The topological polar surface area (TPSA) is 81.4 Å². The van der Waals surface area contributed by atoms with Crippen LogP contribution >= 0.6 is 0 Å². The number of amides is 1. The predicted molar refractivity (Wildman–Crippen MR) is 109 cm³/mol. The van der Waals surface area contributed by atoms with Crippen molar-refractivity contribution >= 4 is 17.7 Å². The van der Waals surface area contributed by atoms with Crippen LogP contribution in [0.3, 0.4) is 0 Å². The number of nitrogens with zero attached hydrogens (tertiary/aromatic N) is 5. The summed E-state index contributed by atoms with van der Waals surface area (Å²) in [5.74, 6) is -1.12. The van der Waals surface area contributed by atoms with E-state index in [-0.39, 0.29) is 30.1 Å². The van der Waals surface area contributed by atoms with E-state index in [0.717, 1.165) is 41.7 Å². The molecule has 0 unspecified atom stereocenters. The minimum absolute atomic E-state index is 0.0501. The Morgan fingerprint density at radius 1 is 1.17 bits per heavy atom. The van der Waals surface area contributed by atoms with Gasteiger partial charge in [-0.3, -0.25) is 4.79 Å². The Hall–Kier alpha value is -3.51. The molecule has 6 nitrogen and oxygen atoms in total. The van der Waals surface area contributed by atoms with E-state index in [9.17, 15) is 13.6 Å². The minimum atomic E-state index is -0.412. The summed E-state index contributed by atoms with van der Waals surface area (Å²) >= 11 is 0. The van der Waals surface area contributed by atoms with Crippen molar-refractivity contribution < 1.29 is 13.6 Å². The zero-order valence-corrected chi connectivity index (χ0v) is 16.1. The molecule has 152 valence electrons. The number of rotatable bonds is 4. The molecule has 1 aliphatic carbocycles. The number of carbonyl (C=O) groups is 1. The molecular weight excluding hydrogens is 388 g/mol. The number of hydrazone groups is 1. The van der Waals surface area contributed by atoms with E-state index in [0.29, 0.717) is 0 Å². The maximum Gasteiger partial charge on any atom is 0.249 e. The van der Waals surface area contributed by atoms with Gasteiger partial charge in [0.15, 0.2) is 0 Å². The molecule has 2 aliphatic rings. The lowest BCUT2D eigenvalue weighted by molar-refractivity contribution is -0.132. The average molecular weight is 407 g/mol. The predicted octanol–water partition coefficient (Wildman–Crippen LogP) is 5.40. The van der Waals surface area contributed by atoms with Gasteiger partial charge in [-0.2, -0.15) is 5.10 Å². The van der Waals surface area contributed by atoms with Gasteiger partial charge in [-0.25, -0.2) is 13.8 Å². The molecule has 1 fully saturated rings. The van der Waals surface area contributed by atoms with E-state index in [2.05, 4.69) is 15.1 Å². The molecule has 1 heterocycles. The summed E-state index contributed by atoms with van der Waals surface area (Å²) < 4.78 is 26.7. The van der Waals surface area contributed by atoms with Gasteiger partial charge in [0.2, 0.25) is 5.91 Å². The first kappa shape index (κ1) is 19.8. The first-order valence-corrected chi connectivity index (χ1v) is 9.70. The Bertz CT molecular complexity index is 1060. The van der Waals surface area contributed by atoms with E-state index in [1.807, 2.05) is 6.08 Å². The fourth-order valence-corrected chi connectivity index (χ4v) is 4.13. The number of carbonyl (C=O) groups excluding carboxylic acids is 1. The van der Waals surface area contributed by atoms with Gasteiger partial charge in [0.25, 0.3) is 0 Å². The summed E-state index contributed by atoms with van der Waals surface area (Å²) in [5, 5.41) is 9.37. The Morgan fingerprint density at radius 3 is 2.50 bits per heavy atom. The molecule has 0 radical (unpaired) electrons. The van der Waals surface area contributed by atoms with Crippen LogP contribution < -0.4 is 0 Å². The molecule has 0 N–H and O–H groups in total. The van der Waals surface area contributed by atoms with Crippen molar-refractivity contribution in [3.63, 3.8) is 0 Å². The van der Waals surface area contributed by atoms with Gasteiger partial charge in [-0.05, 0) is 71.8 Å². The number of hydrogen-bond donors (Lipinski definition) is 0. The van der Waals surface area contributed by atoms with Crippen LogP contribution in [0.4, 0.5) is 8.78 Å². The molecule has 2 aromatic carbocycles. The number of halogens is 2. The highest BCUT2D eigenvalue weighted by Gasteiger charge is 2.43. The van der Waals surface area contributed by atoms with Crippen LogP contribution in [-0.2, 0) is 4.79 Å². The Kier molecular flexibility index (Phi) is 5.59. The lowest BCUT2D eigenvalue weighted by atomic mass is 9.77. The maximum atomic E-state index is 13.5. The van der Waals surface area contributed by atoms with E-state index < -0.39 is 5.91 Å². The summed E-state index contributed by atoms with van der Waals surface area (Å²) in [4.78, 5) is 15.4. The van der Waals surface area contributed by atoms with E-state index in [1.54, 1.807) is 24.3 Å². The molecule has 0 spiro atoms. The molecule has 0 saturated heterocycles. The Morgan fingerprint density at radius 2 is 1.83 bits per heavy atom. The van der Waals surface area contributed by atoms with Crippen LogP contribution in [0.2, 0.25) is 0 Å². The summed E-state index contributed by atoms with van der Waals surface area (Å²) in [6, 6.07) is 11.9. The minimum Gasteiger partial charge on any atom is -0.273 e. The van der Waals surface area contributed by atoms with Gasteiger partial charge in [-0.15, -0.1) is 0 Å². The SMILES string of the molecule is [N-]=[N+]=NCC(=O)N1N=C2/C(=C\c3ccc(F)cc3)CCC[C@H]2[C@@H]1c1ccc(F)cc1. The average Bonchev–Trinajstić information content (AvgIpc) is 3.15. The highest BCUT2D eigenvalue weighted by molar-refractivity contribution is 6.08. The van der Waals surface area contributed by atoms with E-state index in [1.165, 1.54) is 29.3 Å². The molecule has 30 heavy (non-hydrogen) atoms. The van der Waals surface area contributed by atoms with Crippen molar-refractivity contribution in [3.05, 3.63) is 87.3 Å². The van der Waals surface area contributed by atoms with Gasteiger partial charge < -0.3 is 0 Å². The van der Waals surface area contributed by atoms with Gasteiger partial charge in [0.05, 0.1) is 11.8 Å². The van der Waals surface area contributed by atoms with Crippen molar-refractivity contribution in [3.8, 4) is 0 Å². The first-order valence-electron chi connectivity index (χ1n) is 9.70. The summed E-state index contributed by atoms with van der Waals surface area (Å²) in [7, 11) is 0. The standard InChI is InChI=1S/C22H19F2N5O/c23-17-8-4-14(5-9-17)12-16-2-1-3-19-21(16)27-29(20(30)13-26-28-25)22(19)15-6-10-18(24)11-7-15/h4-12,19,22H,1-3,13H2/b16-12-/t19-,22+/m1/s1. The monoisotopic (exact) mass is 407 g/mol. The number of benzene rings is 2. The lowest BCUT2D eigenvalue weighted by Gasteiger charge is -2.29. The van der Waals surface area contributed by atoms with Crippen LogP contribution in [0.5, 0.6) is 0 Å². The van der Waals surface area contributed by atoms with Gasteiger partial charge in [-0.1, -0.05) is 29.4 Å². The highest BCUT2D eigenvalue weighted by atomic mass is 19.1. The van der Waals surface area contributed by atoms with Gasteiger partial charge in [0, 0.05) is 10.8 Å². The van der Waals surface area contributed by atoms with Crippen LogP contribution in [0.15, 0.2) is 64.3 Å². The molecule has 8 heteroatoms. The van der Waals surface area contributed by atoms with E-state index >= 15 is 0 Å². The number of azide groups is 1. The molecular formula is C22H19F2N5O. The summed E-state index contributed by atoms with van der Waals surface area (Å²) in [6.45, 7) is -0.339. The van der Waals surface area contributed by atoms with Gasteiger partial charge >= 0.3 is 0 Å². The number of fused-ring (bicyclic) bond motifs is 1. The van der Waals surface area contributed by atoms with Crippen LogP contribution in [0, 0.1) is 17.6 Å². The second-order valence-electron chi connectivity index (χ2n) is 7.33. The van der Waals surface area contributed by atoms with Crippen molar-refractivity contribution in [2.45, 2.75) is 25.3 Å². The second kappa shape index (κ2) is 8.47. The quantitative estimate of drug-likeness (QED) is 0.380. The molecule has 2 aromatic rings. The van der Waals surface area contributed by atoms with Crippen molar-refractivity contribution in [2.24, 2.45) is 16.1 Å². The third kappa shape index (κ3) is 3.95. The molecule has 0 aromatic heterocycles. The molecule has 4 rings (SSSR count). The smallest absolute Gasteiger partial charge is 0.249 e. The zero-order valence-electron chi connectivity index (χ0n) is 16.1. The third-order valence-corrected chi connectivity index (χ3v) is 5.45. The fraction of sp³-hybridized carbons (Fsp3) is 0.273. The molecule has 2 atom stereocenters. The largest absolute Gasteiger partial charge is 0.273 e. The van der Waals surface area contributed by atoms with Crippen LogP contribution in [0.25, 0.3) is 16.5 Å². The van der Waals surface area contributed by atoms with Crippen molar-refractivity contribution in [2.75, 3.05) is 6.54 Å². The van der Waals surface area contributed by atoms with Crippen molar-refractivity contribution in [1.82, 2.24) is 5.01 Å².